The Labute approximate surface area is 179 Å². The molecule has 0 spiro atoms. The molecule has 164 valence electrons. The molecule has 1 aliphatic heterocycles. The van der Waals surface area contributed by atoms with E-state index in [-0.39, 0.29) is 11.9 Å². The van der Waals surface area contributed by atoms with E-state index in [4.69, 9.17) is 4.74 Å². The van der Waals surface area contributed by atoms with Gasteiger partial charge in [0, 0.05) is 39.5 Å². The number of aryl methyl sites for hydroxylation is 2. The minimum absolute atomic E-state index is 0.0291. The average Bonchev–Trinajstić information content (AvgIpc) is 2.97. The van der Waals surface area contributed by atoms with E-state index in [0.717, 1.165) is 56.4 Å². The zero-order valence-corrected chi connectivity index (χ0v) is 19.2. The van der Waals surface area contributed by atoms with Gasteiger partial charge in [0.05, 0.1) is 13.2 Å². The number of aromatic nitrogens is 3. The molecule has 1 unspecified atom stereocenters. The third kappa shape index (κ3) is 5.19. The quantitative estimate of drug-likeness (QED) is 0.755. The van der Waals surface area contributed by atoms with Gasteiger partial charge >= 0.3 is 0 Å². The summed E-state index contributed by atoms with van der Waals surface area (Å²) in [6.45, 7) is 13.7. The molecule has 30 heavy (non-hydrogen) atoms. The molecular weight excluding hydrogens is 378 g/mol. The third-order valence-electron chi connectivity index (χ3n) is 5.79. The number of hydrogen-bond donors (Lipinski definition) is 1. The largest absolute Gasteiger partial charge is 0.496 e. The van der Waals surface area contributed by atoms with Crippen LogP contribution in [0, 0.1) is 19.8 Å². The summed E-state index contributed by atoms with van der Waals surface area (Å²) in [5, 5.41) is 12.0. The maximum absolute atomic E-state index is 11.7. The van der Waals surface area contributed by atoms with E-state index in [1.165, 1.54) is 16.7 Å². The molecule has 2 heterocycles. The number of nitrogens with zero attached hydrogens (tertiary/aromatic N) is 4. The van der Waals surface area contributed by atoms with Gasteiger partial charge in [-0.3, -0.25) is 9.69 Å². The van der Waals surface area contributed by atoms with Crippen LogP contribution < -0.4 is 10.1 Å². The number of methoxy groups -OCH3 is 1. The van der Waals surface area contributed by atoms with Gasteiger partial charge in [0.2, 0.25) is 5.91 Å². The monoisotopic (exact) mass is 413 g/mol. The van der Waals surface area contributed by atoms with Crippen molar-refractivity contribution < 1.29 is 9.53 Å². The Kier molecular flexibility index (Phi) is 7.13. The number of nitrogens with one attached hydrogen (secondary N) is 1. The van der Waals surface area contributed by atoms with Gasteiger partial charge in [-0.25, -0.2) is 0 Å². The second kappa shape index (κ2) is 9.60. The highest BCUT2D eigenvalue weighted by Gasteiger charge is 2.25. The molecule has 0 fully saturated rings. The Morgan fingerprint density at radius 3 is 2.60 bits per heavy atom. The van der Waals surface area contributed by atoms with Crippen LogP contribution in [0.15, 0.2) is 12.1 Å². The number of carbonyl (C=O) groups excluding carboxylic acids is 1. The van der Waals surface area contributed by atoms with Crippen LogP contribution in [0.4, 0.5) is 0 Å². The second-order valence-corrected chi connectivity index (χ2v) is 8.78. The summed E-state index contributed by atoms with van der Waals surface area (Å²) >= 11 is 0. The van der Waals surface area contributed by atoms with Gasteiger partial charge in [-0.15, -0.1) is 10.2 Å². The lowest BCUT2D eigenvalue weighted by Crippen LogP contribution is -2.31. The zero-order chi connectivity index (χ0) is 21.8. The van der Waals surface area contributed by atoms with Crippen molar-refractivity contribution in [3.63, 3.8) is 0 Å². The predicted octanol–water partition coefficient (Wildman–Crippen LogP) is 3.19. The lowest BCUT2D eigenvalue weighted by Gasteiger charge is -2.23. The van der Waals surface area contributed by atoms with E-state index in [1.807, 2.05) is 0 Å². The fourth-order valence-electron chi connectivity index (χ4n) is 4.23. The number of rotatable bonds is 7. The predicted molar refractivity (Wildman–Crippen MR) is 117 cm³/mol. The van der Waals surface area contributed by atoms with Gasteiger partial charge in [0.15, 0.2) is 5.82 Å². The molecular formula is C23H35N5O2. The van der Waals surface area contributed by atoms with Gasteiger partial charge in [0.1, 0.15) is 11.6 Å². The fourth-order valence-corrected chi connectivity index (χ4v) is 4.23. The summed E-state index contributed by atoms with van der Waals surface area (Å²) in [5.74, 6) is 3.26. The number of hydrogen-bond acceptors (Lipinski definition) is 5. The molecule has 0 saturated heterocycles. The first kappa shape index (κ1) is 22.3. The van der Waals surface area contributed by atoms with Crippen molar-refractivity contribution in [2.75, 3.05) is 20.2 Å². The molecule has 1 N–H and O–H groups in total. The molecule has 2 aromatic rings. The fraction of sp³-hybridized carbons (Fsp3) is 0.609. The molecule has 3 rings (SSSR count). The van der Waals surface area contributed by atoms with Gasteiger partial charge in [0.25, 0.3) is 0 Å². The van der Waals surface area contributed by atoms with Crippen molar-refractivity contribution in [1.82, 2.24) is 25.0 Å². The highest BCUT2D eigenvalue weighted by atomic mass is 16.5. The van der Waals surface area contributed by atoms with Crippen LogP contribution in [0.2, 0.25) is 0 Å². The lowest BCUT2D eigenvalue weighted by molar-refractivity contribution is -0.119. The normalized spacial score (nSPS) is 15.6. The van der Waals surface area contributed by atoms with Crippen molar-refractivity contribution in [2.24, 2.45) is 5.92 Å². The Morgan fingerprint density at radius 1 is 1.17 bits per heavy atom. The van der Waals surface area contributed by atoms with Crippen molar-refractivity contribution in [2.45, 2.75) is 66.6 Å². The first-order valence-corrected chi connectivity index (χ1v) is 10.8. The second-order valence-electron chi connectivity index (χ2n) is 8.78. The lowest BCUT2D eigenvalue weighted by atomic mass is 10.0. The average molecular weight is 414 g/mol. The minimum Gasteiger partial charge on any atom is -0.496 e. The molecule has 1 aliphatic rings. The first-order valence-electron chi connectivity index (χ1n) is 10.8. The van der Waals surface area contributed by atoms with Crippen molar-refractivity contribution in [3.8, 4) is 5.75 Å². The number of carbonyl (C=O) groups is 1. The van der Waals surface area contributed by atoms with Gasteiger partial charge < -0.3 is 14.6 Å². The summed E-state index contributed by atoms with van der Waals surface area (Å²) in [7, 11) is 1.72. The van der Waals surface area contributed by atoms with Crippen LogP contribution in [-0.4, -0.2) is 45.8 Å². The van der Waals surface area contributed by atoms with Gasteiger partial charge in [-0.2, -0.15) is 0 Å². The molecule has 0 bridgehead atoms. The molecule has 1 aromatic carbocycles. The Morgan fingerprint density at radius 2 is 1.93 bits per heavy atom. The van der Waals surface area contributed by atoms with E-state index in [0.29, 0.717) is 5.92 Å². The zero-order valence-electron chi connectivity index (χ0n) is 19.2. The molecule has 7 heteroatoms. The number of amides is 1. The Hall–Kier alpha value is -2.41. The molecule has 1 aromatic heterocycles. The van der Waals surface area contributed by atoms with Crippen molar-refractivity contribution >= 4 is 5.91 Å². The minimum atomic E-state index is -0.0956. The van der Waals surface area contributed by atoms with E-state index in [1.54, 1.807) is 14.0 Å². The van der Waals surface area contributed by atoms with E-state index in [9.17, 15) is 4.79 Å². The van der Waals surface area contributed by atoms with Gasteiger partial charge in [-0.05, 0) is 48.9 Å². The first-order chi connectivity index (χ1) is 14.3. The van der Waals surface area contributed by atoms with E-state index in [2.05, 4.69) is 64.8 Å². The summed E-state index contributed by atoms with van der Waals surface area (Å²) in [6.07, 6.45) is 1.71. The molecule has 1 amide bonds. The maximum atomic E-state index is 11.7. The standard InChI is InChI=1S/C23H35N5O2/c1-15(2)11-20(24-18(5)29)23-26-25-22-7-8-27(9-10-28(22)23)14-19-12-17(4)21(30-6)13-16(19)3/h12-13,15,20H,7-11,14H2,1-6H3,(H,24,29). The number of ether oxygens (including phenoxy) is 1. The molecule has 0 aliphatic carbocycles. The Balaban J connectivity index is 1.75. The Bertz CT molecular complexity index is 890. The SMILES string of the molecule is COc1cc(C)c(CN2CCc3nnc(C(CC(C)C)NC(C)=O)n3CC2)cc1C. The van der Waals surface area contributed by atoms with Crippen LogP contribution >= 0.6 is 0 Å². The summed E-state index contributed by atoms with van der Waals surface area (Å²) in [5.41, 5.74) is 3.76. The van der Waals surface area contributed by atoms with E-state index < -0.39 is 0 Å². The van der Waals surface area contributed by atoms with E-state index >= 15 is 0 Å². The maximum Gasteiger partial charge on any atom is 0.217 e. The van der Waals surface area contributed by atoms with Crippen LogP contribution in [0.5, 0.6) is 5.75 Å². The summed E-state index contributed by atoms with van der Waals surface area (Å²) in [6, 6.07) is 4.27. The van der Waals surface area contributed by atoms with Crippen LogP contribution in [0.1, 0.15) is 61.6 Å². The molecule has 0 saturated carbocycles. The topological polar surface area (TPSA) is 72.3 Å². The van der Waals surface area contributed by atoms with Crippen molar-refractivity contribution in [3.05, 3.63) is 40.5 Å². The van der Waals surface area contributed by atoms with Gasteiger partial charge in [-0.1, -0.05) is 19.9 Å². The highest BCUT2D eigenvalue weighted by molar-refractivity contribution is 5.73. The summed E-state index contributed by atoms with van der Waals surface area (Å²) < 4.78 is 7.67. The highest BCUT2D eigenvalue weighted by Crippen LogP contribution is 2.25. The number of benzene rings is 1. The summed E-state index contributed by atoms with van der Waals surface area (Å²) in [4.78, 5) is 14.2. The van der Waals surface area contributed by atoms with Crippen LogP contribution in [0.3, 0.4) is 0 Å². The van der Waals surface area contributed by atoms with Crippen molar-refractivity contribution in [1.29, 1.82) is 0 Å². The molecule has 0 radical (unpaired) electrons. The van der Waals surface area contributed by atoms with Crippen LogP contribution in [-0.2, 0) is 24.3 Å². The van der Waals surface area contributed by atoms with Crippen LogP contribution in [0.25, 0.3) is 0 Å². The smallest absolute Gasteiger partial charge is 0.217 e. The molecule has 1 atom stereocenters. The third-order valence-corrected chi connectivity index (χ3v) is 5.79. The molecule has 7 nitrogen and oxygen atoms in total. The number of fused-ring (bicyclic) bond motifs is 1.